The summed E-state index contributed by atoms with van der Waals surface area (Å²) in [6.45, 7) is 6.29. The van der Waals surface area contributed by atoms with Crippen molar-refractivity contribution in [3.63, 3.8) is 0 Å². The summed E-state index contributed by atoms with van der Waals surface area (Å²) in [4.78, 5) is 9.22. The maximum atomic E-state index is 13.8. The zero-order valence-electron chi connectivity index (χ0n) is 16.1. The normalized spacial score (nSPS) is 16.9. The Kier molecular flexibility index (Phi) is 6.39. The minimum absolute atomic E-state index is 0.0787. The number of hydrogen-bond donors (Lipinski definition) is 2. The van der Waals surface area contributed by atoms with Gasteiger partial charge in [-0.25, -0.2) is 19.0 Å². The molecule has 1 aliphatic rings. The van der Waals surface area contributed by atoms with Crippen LogP contribution in [0.25, 0.3) is 0 Å². The quantitative estimate of drug-likeness (QED) is 0.600. The Hall–Kier alpha value is -2.48. The van der Waals surface area contributed by atoms with Crippen LogP contribution in [-0.2, 0) is 24.4 Å². The summed E-state index contributed by atoms with van der Waals surface area (Å²) in [5.41, 5.74) is 1.47. The van der Waals surface area contributed by atoms with Crippen molar-refractivity contribution in [3.8, 4) is 0 Å². The third-order valence-corrected chi connectivity index (χ3v) is 4.47. The third kappa shape index (κ3) is 4.82. The van der Waals surface area contributed by atoms with E-state index in [4.69, 9.17) is 4.74 Å². The second-order valence-corrected chi connectivity index (χ2v) is 6.63. The third-order valence-electron chi connectivity index (χ3n) is 4.47. The molecule has 0 fully saturated rings. The molecular weight excluding hydrogens is 347 g/mol. The Morgan fingerprint density at radius 1 is 1.44 bits per heavy atom. The maximum Gasteiger partial charge on any atom is 0.192 e. The van der Waals surface area contributed by atoms with E-state index < -0.39 is 0 Å². The number of halogens is 1. The molecule has 0 saturated carbocycles. The zero-order chi connectivity index (χ0) is 19.2. The zero-order valence-corrected chi connectivity index (χ0v) is 16.1. The van der Waals surface area contributed by atoms with Gasteiger partial charge in [0.15, 0.2) is 5.96 Å². The van der Waals surface area contributed by atoms with Gasteiger partial charge in [0.1, 0.15) is 17.5 Å². The fraction of sp³-hybridized carbons (Fsp3) is 0.526. The van der Waals surface area contributed by atoms with E-state index in [0.29, 0.717) is 18.1 Å². The van der Waals surface area contributed by atoms with Gasteiger partial charge in [0.2, 0.25) is 0 Å². The molecule has 0 spiro atoms. The molecule has 0 radical (unpaired) electrons. The summed E-state index contributed by atoms with van der Waals surface area (Å²) < 4.78 is 20.8. The summed E-state index contributed by atoms with van der Waals surface area (Å²) in [6, 6.07) is 5.09. The fourth-order valence-electron chi connectivity index (χ4n) is 3.25. The smallest absolute Gasteiger partial charge is 0.192 e. The summed E-state index contributed by atoms with van der Waals surface area (Å²) in [5, 5.41) is 11.2. The Morgan fingerprint density at radius 2 is 2.30 bits per heavy atom. The first kappa shape index (κ1) is 19.3. The van der Waals surface area contributed by atoms with Gasteiger partial charge in [0.25, 0.3) is 0 Å². The average molecular weight is 374 g/mol. The molecule has 2 N–H and O–H groups in total. The average Bonchev–Trinajstić information content (AvgIpc) is 3.04. The molecule has 0 aliphatic carbocycles. The number of rotatable bonds is 6. The van der Waals surface area contributed by atoms with E-state index >= 15 is 0 Å². The Morgan fingerprint density at radius 3 is 3.07 bits per heavy atom. The summed E-state index contributed by atoms with van der Waals surface area (Å²) in [5.74, 6) is 2.20. The molecule has 3 rings (SSSR count). The first-order chi connectivity index (χ1) is 13.1. The van der Waals surface area contributed by atoms with Gasteiger partial charge in [0.05, 0.1) is 19.2 Å². The van der Waals surface area contributed by atoms with Crippen molar-refractivity contribution in [1.29, 1.82) is 0 Å². The van der Waals surface area contributed by atoms with Gasteiger partial charge in [-0.3, -0.25) is 0 Å². The van der Waals surface area contributed by atoms with E-state index in [-0.39, 0.29) is 18.5 Å². The van der Waals surface area contributed by atoms with Gasteiger partial charge in [-0.15, -0.1) is 0 Å². The molecule has 2 aromatic rings. The molecule has 0 bridgehead atoms. The van der Waals surface area contributed by atoms with Gasteiger partial charge in [-0.05, 0) is 44.4 Å². The van der Waals surface area contributed by atoms with Crippen LogP contribution in [0.4, 0.5) is 4.39 Å². The first-order valence-electron chi connectivity index (χ1n) is 9.33. The molecule has 8 heteroatoms. The molecule has 1 aromatic carbocycles. The number of nitrogens with zero attached hydrogens (tertiary/aromatic N) is 4. The Balaban J connectivity index is 1.73. The van der Waals surface area contributed by atoms with Crippen LogP contribution in [0.5, 0.6) is 0 Å². The lowest BCUT2D eigenvalue weighted by atomic mass is 10.1. The van der Waals surface area contributed by atoms with Crippen LogP contribution in [-0.4, -0.2) is 34.4 Å². The van der Waals surface area contributed by atoms with E-state index in [1.54, 1.807) is 19.2 Å². The van der Waals surface area contributed by atoms with Crippen molar-refractivity contribution < 1.29 is 9.13 Å². The highest BCUT2D eigenvalue weighted by atomic mass is 19.1. The fourth-order valence-corrected chi connectivity index (χ4v) is 3.25. The monoisotopic (exact) mass is 374 g/mol. The Labute approximate surface area is 159 Å². The van der Waals surface area contributed by atoms with E-state index in [9.17, 15) is 4.39 Å². The van der Waals surface area contributed by atoms with Crippen molar-refractivity contribution >= 4 is 5.96 Å². The largest absolute Gasteiger partial charge is 0.380 e. The highest BCUT2D eigenvalue weighted by Crippen LogP contribution is 2.22. The summed E-state index contributed by atoms with van der Waals surface area (Å²) in [7, 11) is 1.56. The number of hydrogen-bond acceptors (Lipinski definition) is 4. The number of fused-ring (bicyclic) bond motifs is 1. The number of ether oxygens (including phenoxy) is 1. The van der Waals surface area contributed by atoms with Crippen molar-refractivity contribution in [2.75, 3.05) is 13.7 Å². The predicted molar refractivity (Wildman–Crippen MR) is 102 cm³/mol. The van der Waals surface area contributed by atoms with E-state index in [0.717, 1.165) is 43.1 Å². The second-order valence-electron chi connectivity index (χ2n) is 6.63. The maximum absolute atomic E-state index is 13.8. The van der Waals surface area contributed by atoms with Crippen LogP contribution in [0.15, 0.2) is 23.2 Å². The van der Waals surface area contributed by atoms with Crippen molar-refractivity contribution in [2.45, 2.75) is 52.4 Å². The van der Waals surface area contributed by atoms with Gasteiger partial charge >= 0.3 is 0 Å². The molecule has 1 aromatic heterocycles. The molecule has 146 valence electrons. The SMILES string of the molecule is CCNC(=NCc1ccc(F)c(COC)c1)NC1CCCn2nc(C)nc21. The number of aromatic nitrogens is 3. The molecule has 1 unspecified atom stereocenters. The van der Waals surface area contributed by atoms with Crippen LogP contribution in [0.2, 0.25) is 0 Å². The van der Waals surface area contributed by atoms with E-state index in [2.05, 4.69) is 25.7 Å². The summed E-state index contributed by atoms with van der Waals surface area (Å²) >= 11 is 0. The van der Waals surface area contributed by atoms with Gasteiger partial charge in [-0.2, -0.15) is 5.10 Å². The van der Waals surface area contributed by atoms with E-state index in [1.807, 2.05) is 18.5 Å². The molecule has 2 heterocycles. The highest BCUT2D eigenvalue weighted by molar-refractivity contribution is 5.80. The molecular formula is C19H27FN6O. The topological polar surface area (TPSA) is 76.4 Å². The minimum Gasteiger partial charge on any atom is -0.380 e. The number of benzene rings is 1. The van der Waals surface area contributed by atoms with Crippen molar-refractivity contribution in [2.24, 2.45) is 4.99 Å². The van der Waals surface area contributed by atoms with Crippen LogP contribution in [0, 0.1) is 12.7 Å². The van der Waals surface area contributed by atoms with Gasteiger partial charge < -0.3 is 15.4 Å². The minimum atomic E-state index is -0.258. The Bertz CT molecular complexity index is 803. The van der Waals surface area contributed by atoms with Crippen molar-refractivity contribution in [1.82, 2.24) is 25.4 Å². The lowest BCUT2D eigenvalue weighted by Gasteiger charge is -2.25. The number of aryl methyl sites for hydroxylation is 2. The van der Waals surface area contributed by atoms with Crippen molar-refractivity contribution in [3.05, 3.63) is 46.8 Å². The molecule has 1 aliphatic heterocycles. The number of nitrogens with one attached hydrogen (secondary N) is 2. The second kappa shape index (κ2) is 8.94. The number of aliphatic imine (C=N–C) groups is 1. The number of methoxy groups -OCH3 is 1. The van der Waals surface area contributed by atoms with Gasteiger partial charge in [-0.1, -0.05) is 6.07 Å². The van der Waals surface area contributed by atoms with Crippen LogP contribution >= 0.6 is 0 Å². The van der Waals surface area contributed by atoms with Gasteiger partial charge in [0, 0.05) is 25.8 Å². The summed E-state index contributed by atoms with van der Waals surface area (Å²) in [6.07, 6.45) is 2.03. The van der Waals surface area contributed by atoms with Crippen LogP contribution in [0.3, 0.4) is 0 Å². The first-order valence-corrected chi connectivity index (χ1v) is 9.33. The predicted octanol–water partition coefficient (Wildman–Crippen LogP) is 2.46. The van der Waals surface area contributed by atoms with Crippen LogP contribution < -0.4 is 10.6 Å². The standard InChI is InChI=1S/C19H27FN6O/c1-4-21-19(22-11-14-7-8-16(20)15(10-14)12-27-3)24-17-6-5-9-26-18(17)23-13(2)25-26/h7-8,10,17H,4-6,9,11-12H2,1-3H3,(H2,21,22,24). The lowest BCUT2D eigenvalue weighted by Crippen LogP contribution is -2.41. The highest BCUT2D eigenvalue weighted by Gasteiger charge is 2.24. The number of guanidine groups is 1. The van der Waals surface area contributed by atoms with E-state index in [1.165, 1.54) is 6.07 Å². The molecule has 7 nitrogen and oxygen atoms in total. The molecule has 27 heavy (non-hydrogen) atoms. The lowest BCUT2D eigenvalue weighted by molar-refractivity contribution is 0.181. The molecule has 1 atom stereocenters. The van der Waals surface area contributed by atoms with Crippen LogP contribution in [0.1, 0.15) is 48.6 Å². The molecule has 0 saturated heterocycles. The molecule has 0 amide bonds.